The van der Waals surface area contributed by atoms with E-state index in [4.69, 9.17) is 10.5 Å². The Morgan fingerprint density at radius 3 is 2.38 bits per heavy atom. The molecule has 0 fully saturated rings. The molecular weight excluding hydrogens is 326 g/mol. The summed E-state index contributed by atoms with van der Waals surface area (Å²) in [7, 11) is 1.61. The SMILES string of the molecule is COc1ccc(NC(=O)CN(CCN)Cc2ccccc2)cc1.Cl. The summed E-state index contributed by atoms with van der Waals surface area (Å²) in [6.07, 6.45) is 0. The van der Waals surface area contributed by atoms with Gasteiger partial charge in [0.2, 0.25) is 5.91 Å². The lowest BCUT2D eigenvalue weighted by molar-refractivity contribution is -0.117. The van der Waals surface area contributed by atoms with E-state index in [1.54, 1.807) is 7.11 Å². The van der Waals surface area contributed by atoms with E-state index in [1.165, 1.54) is 0 Å². The second-order valence-corrected chi connectivity index (χ2v) is 5.26. The number of hydrogen-bond acceptors (Lipinski definition) is 4. The number of carbonyl (C=O) groups is 1. The lowest BCUT2D eigenvalue weighted by Gasteiger charge is -2.21. The molecule has 0 heterocycles. The monoisotopic (exact) mass is 349 g/mol. The Labute approximate surface area is 149 Å². The van der Waals surface area contributed by atoms with Crippen molar-refractivity contribution in [3.8, 4) is 5.75 Å². The number of rotatable bonds is 8. The van der Waals surface area contributed by atoms with Gasteiger partial charge in [0.25, 0.3) is 0 Å². The minimum Gasteiger partial charge on any atom is -0.497 e. The molecule has 0 bridgehead atoms. The Hall–Kier alpha value is -2.08. The van der Waals surface area contributed by atoms with E-state index in [1.807, 2.05) is 59.5 Å². The maximum Gasteiger partial charge on any atom is 0.238 e. The van der Waals surface area contributed by atoms with Gasteiger partial charge in [0, 0.05) is 25.3 Å². The van der Waals surface area contributed by atoms with Crippen molar-refractivity contribution in [1.82, 2.24) is 4.90 Å². The van der Waals surface area contributed by atoms with Crippen LogP contribution in [0, 0.1) is 0 Å². The van der Waals surface area contributed by atoms with Gasteiger partial charge in [-0.1, -0.05) is 30.3 Å². The van der Waals surface area contributed by atoms with Crippen LogP contribution < -0.4 is 15.8 Å². The van der Waals surface area contributed by atoms with Gasteiger partial charge in [0.1, 0.15) is 5.75 Å². The van der Waals surface area contributed by atoms with Gasteiger partial charge in [-0.2, -0.15) is 0 Å². The van der Waals surface area contributed by atoms with Crippen molar-refractivity contribution < 1.29 is 9.53 Å². The van der Waals surface area contributed by atoms with Gasteiger partial charge in [-0.15, -0.1) is 12.4 Å². The molecule has 2 aromatic carbocycles. The topological polar surface area (TPSA) is 67.6 Å². The average Bonchev–Trinajstić information content (AvgIpc) is 2.56. The van der Waals surface area contributed by atoms with Crippen LogP contribution in [0.3, 0.4) is 0 Å². The van der Waals surface area contributed by atoms with Crippen LogP contribution in [-0.4, -0.2) is 37.6 Å². The maximum atomic E-state index is 12.2. The zero-order valence-corrected chi connectivity index (χ0v) is 14.6. The predicted molar refractivity (Wildman–Crippen MR) is 99.6 cm³/mol. The fourth-order valence-electron chi connectivity index (χ4n) is 2.32. The van der Waals surface area contributed by atoms with Crippen LogP contribution in [0.4, 0.5) is 5.69 Å². The Morgan fingerprint density at radius 2 is 1.79 bits per heavy atom. The third-order valence-corrected chi connectivity index (χ3v) is 3.44. The number of ether oxygens (including phenoxy) is 1. The van der Waals surface area contributed by atoms with Gasteiger partial charge >= 0.3 is 0 Å². The number of amides is 1. The van der Waals surface area contributed by atoms with Crippen LogP contribution in [-0.2, 0) is 11.3 Å². The molecule has 2 aromatic rings. The van der Waals surface area contributed by atoms with Crippen LogP contribution >= 0.6 is 12.4 Å². The molecule has 0 aliphatic carbocycles. The molecule has 6 heteroatoms. The molecule has 0 aliphatic rings. The van der Waals surface area contributed by atoms with Crippen LogP contribution in [0.15, 0.2) is 54.6 Å². The lowest BCUT2D eigenvalue weighted by atomic mass is 10.2. The summed E-state index contributed by atoms with van der Waals surface area (Å²) in [6.45, 7) is 2.19. The van der Waals surface area contributed by atoms with Gasteiger partial charge in [0.05, 0.1) is 13.7 Å². The third kappa shape index (κ3) is 6.58. The molecule has 0 saturated heterocycles. The molecular formula is C18H24ClN3O2. The molecule has 0 aromatic heterocycles. The number of halogens is 1. The summed E-state index contributed by atoms with van der Waals surface area (Å²) in [5, 5.41) is 2.89. The molecule has 130 valence electrons. The minimum atomic E-state index is -0.0560. The molecule has 0 spiro atoms. The molecule has 0 saturated carbocycles. The normalized spacial score (nSPS) is 10.1. The van der Waals surface area contributed by atoms with Gasteiger partial charge in [-0.05, 0) is 29.8 Å². The van der Waals surface area contributed by atoms with Gasteiger partial charge in [-0.25, -0.2) is 0 Å². The first-order valence-electron chi connectivity index (χ1n) is 7.61. The maximum absolute atomic E-state index is 12.2. The van der Waals surface area contributed by atoms with Crippen molar-refractivity contribution in [3.63, 3.8) is 0 Å². The highest BCUT2D eigenvalue weighted by molar-refractivity contribution is 5.92. The number of methoxy groups -OCH3 is 1. The Morgan fingerprint density at radius 1 is 1.12 bits per heavy atom. The number of benzene rings is 2. The molecule has 5 nitrogen and oxygen atoms in total. The van der Waals surface area contributed by atoms with E-state index in [9.17, 15) is 4.79 Å². The van der Waals surface area contributed by atoms with Crippen molar-refractivity contribution in [2.45, 2.75) is 6.54 Å². The molecule has 0 aliphatic heterocycles. The quantitative estimate of drug-likeness (QED) is 0.768. The Balaban J connectivity index is 0.00000288. The summed E-state index contributed by atoms with van der Waals surface area (Å²) < 4.78 is 5.10. The van der Waals surface area contributed by atoms with Crippen molar-refractivity contribution in [2.75, 3.05) is 32.1 Å². The van der Waals surface area contributed by atoms with E-state index < -0.39 is 0 Å². The number of nitrogens with one attached hydrogen (secondary N) is 1. The molecule has 1 amide bonds. The van der Waals surface area contributed by atoms with E-state index >= 15 is 0 Å². The zero-order valence-electron chi connectivity index (χ0n) is 13.8. The largest absolute Gasteiger partial charge is 0.497 e. The second-order valence-electron chi connectivity index (χ2n) is 5.26. The van der Waals surface area contributed by atoms with Gasteiger partial charge in [-0.3, -0.25) is 9.69 Å². The van der Waals surface area contributed by atoms with Crippen LogP contribution in [0.25, 0.3) is 0 Å². The van der Waals surface area contributed by atoms with Gasteiger partial charge in [0.15, 0.2) is 0 Å². The van der Waals surface area contributed by atoms with Gasteiger partial charge < -0.3 is 15.8 Å². The molecule has 3 N–H and O–H groups in total. The van der Waals surface area contributed by atoms with Crippen molar-refractivity contribution in [2.24, 2.45) is 5.73 Å². The highest BCUT2D eigenvalue weighted by Gasteiger charge is 2.11. The smallest absolute Gasteiger partial charge is 0.238 e. The zero-order chi connectivity index (χ0) is 16.5. The number of anilines is 1. The average molecular weight is 350 g/mol. The minimum absolute atomic E-state index is 0. The number of nitrogens with two attached hydrogens (primary N) is 1. The summed E-state index contributed by atoms with van der Waals surface area (Å²) in [4.78, 5) is 14.3. The molecule has 24 heavy (non-hydrogen) atoms. The number of hydrogen-bond donors (Lipinski definition) is 2. The number of carbonyl (C=O) groups excluding carboxylic acids is 1. The molecule has 0 radical (unpaired) electrons. The van der Waals surface area contributed by atoms with E-state index in [-0.39, 0.29) is 18.3 Å². The Kier molecular flexibility index (Phi) is 8.86. The van der Waals surface area contributed by atoms with E-state index in [0.717, 1.165) is 17.0 Å². The molecule has 0 unspecified atom stereocenters. The van der Waals surface area contributed by atoms with Crippen molar-refractivity contribution in [1.29, 1.82) is 0 Å². The summed E-state index contributed by atoms with van der Waals surface area (Å²) >= 11 is 0. The van der Waals surface area contributed by atoms with Crippen LogP contribution in [0.1, 0.15) is 5.56 Å². The summed E-state index contributed by atoms with van der Waals surface area (Å²) in [5.41, 5.74) is 7.57. The first-order chi connectivity index (χ1) is 11.2. The fourth-order valence-corrected chi connectivity index (χ4v) is 2.32. The highest BCUT2D eigenvalue weighted by atomic mass is 35.5. The van der Waals surface area contributed by atoms with Crippen molar-refractivity contribution in [3.05, 3.63) is 60.2 Å². The van der Waals surface area contributed by atoms with Crippen LogP contribution in [0.5, 0.6) is 5.75 Å². The predicted octanol–water partition coefficient (Wildman–Crippen LogP) is 2.52. The van der Waals surface area contributed by atoms with Crippen molar-refractivity contribution >= 4 is 24.0 Å². The standard InChI is InChI=1S/C18H23N3O2.ClH/c1-23-17-9-7-16(8-10-17)20-18(22)14-21(12-11-19)13-15-5-3-2-4-6-15;/h2-10H,11-14,19H2,1H3,(H,20,22);1H. The fraction of sp³-hybridized carbons (Fsp3) is 0.278. The Bertz CT molecular complexity index is 605. The molecule has 2 rings (SSSR count). The lowest BCUT2D eigenvalue weighted by Crippen LogP contribution is -2.36. The third-order valence-electron chi connectivity index (χ3n) is 3.44. The molecule has 0 atom stereocenters. The highest BCUT2D eigenvalue weighted by Crippen LogP contribution is 2.15. The van der Waals surface area contributed by atoms with Crippen LogP contribution in [0.2, 0.25) is 0 Å². The summed E-state index contributed by atoms with van der Waals surface area (Å²) in [5.74, 6) is 0.705. The van der Waals surface area contributed by atoms with E-state index in [2.05, 4.69) is 5.32 Å². The first kappa shape index (κ1) is 20.0. The van der Waals surface area contributed by atoms with E-state index in [0.29, 0.717) is 26.2 Å². The summed E-state index contributed by atoms with van der Waals surface area (Å²) in [6, 6.07) is 17.3. The number of nitrogens with zero attached hydrogens (tertiary/aromatic N) is 1. The first-order valence-corrected chi connectivity index (χ1v) is 7.61. The second kappa shape index (κ2) is 10.6.